The molecule has 0 aliphatic heterocycles. The summed E-state index contributed by atoms with van der Waals surface area (Å²) in [5.74, 6) is 2.26. The number of nitrogens with zero attached hydrogens (tertiary/aromatic N) is 2. The lowest BCUT2D eigenvalue weighted by Gasteiger charge is -2.16. The van der Waals surface area contributed by atoms with Crippen molar-refractivity contribution in [3.8, 4) is 11.5 Å². The smallest absolute Gasteiger partial charge is 0.246 e. The summed E-state index contributed by atoms with van der Waals surface area (Å²) in [5.41, 5.74) is 1.95. The number of nitrogens with one attached hydrogen (secondary N) is 1. The van der Waals surface area contributed by atoms with Gasteiger partial charge in [-0.2, -0.15) is 0 Å². The topological polar surface area (TPSA) is 74.6 Å². The molecule has 1 heterocycles. The number of para-hydroxylation sites is 2. The minimum absolute atomic E-state index is 0.0280. The van der Waals surface area contributed by atoms with Gasteiger partial charge >= 0.3 is 0 Å². The maximum Gasteiger partial charge on any atom is 0.246 e. The van der Waals surface area contributed by atoms with E-state index in [4.69, 9.17) is 19.2 Å². The molecule has 29 heavy (non-hydrogen) atoms. The van der Waals surface area contributed by atoms with Crippen LogP contribution in [-0.2, 0) is 16.1 Å². The Morgan fingerprint density at radius 3 is 2.55 bits per heavy atom. The molecule has 7 nitrogen and oxygen atoms in total. The zero-order valence-electron chi connectivity index (χ0n) is 17.1. The molecule has 0 saturated heterocycles. The summed E-state index contributed by atoms with van der Waals surface area (Å²) < 4.78 is 18.0. The van der Waals surface area contributed by atoms with Crippen molar-refractivity contribution in [3.05, 3.63) is 54.4 Å². The molecule has 0 spiro atoms. The molecule has 154 valence electrons. The Labute approximate surface area is 170 Å². The second-order valence-corrected chi connectivity index (χ2v) is 6.71. The van der Waals surface area contributed by atoms with E-state index < -0.39 is 0 Å². The van der Waals surface area contributed by atoms with Crippen LogP contribution < -0.4 is 14.8 Å². The predicted molar refractivity (Wildman–Crippen MR) is 111 cm³/mol. The number of aromatic nitrogens is 2. The first-order valence-corrected chi connectivity index (χ1v) is 9.62. The Bertz CT molecular complexity index is 937. The molecular formula is C22H27N3O4. The molecule has 3 rings (SSSR count). The highest BCUT2D eigenvalue weighted by molar-refractivity contribution is 5.78. The minimum atomic E-state index is -0.229. The first kappa shape index (κ1) is 20.7. The number of imidazole rings is 1. The van der Waals surface area contributed by atoms with E-state index in [0.717, 1.165) is 41.3 Å². The Hall–Kier alpha value is -3.06. The van der Waals surface area contributed by atoms with Crippen LogP contribution in [-0.4, -0.2) is 42.9 Å². The Kier molecular flexibility index (Phi) is 7.08. The Balaban J connectivity index is 1.67. The first-order chi connectivity index (χ1) is 14.1. The monoisotopic (exact) mass is 397 g/mol. The normalized spacial score (nSPS) is 12.0. The van der Waals surface area contributed by atoms with Crippen LogP contribution in [0.5, 0.6) is 11.5 Å². The number of carbonyl (C=O) groups excluding carboxylic acids is 1. The molecule has 2 aromatic carbocycles. The number of hydrogen-bond acceptors (Lipinski definition) is 5. The number of ether oxygens (including phenoxy) is 3. The van der Waals surface area contributed by atoms with Gasteiger partial charge in [-0.1, -0.05) is 12.1 Å². The lowest BCUT2D eigenvalue weighted by Crippen LogP contribution is -2.31. The van der Waals surface area contributed by atoms with Gasteiger partial charge in [0, 0.05) is 13.7 Å². The van der Waals surface area contributed by atoms with Crippen LogP contribution in [0, 0.1) is 0 Å². The van der Waals surface area contributed by atoms with E-state index in [1.807, 2.05) is 55.5 Å². The van der Waals surface area contributed by atoms with Crippen LogP contribution in [0.1, 0.15) is 25.2 Å². The highest BCUT2D eigenvalue weighted by atomic mass is 16.5. The van der Waals surface area contributed by atoms with E-state index in [1.54, 1.807) is 7.11 Å². The van der Waals surface area contributed by atoms with E-state index in [1.165, 1.54) is 7.11 Å². The highest BCUT2D eigenvalue weighted by Crippen LogP contribution is 2.22. The molecule has 1 amide bonds. The Morgan fingerprint density at radius 2 is 1.83 bits per heavy atom. The average Bonchev–Trinajstić information content (AvgIpc) is 3.10. The summed E-state index contributed by atoms with van der Waals surface area (Å²) in [6, 6.07) is 15.3. The molecular weight excluding hydrogens is 370 g/mol. The van der Waals surface area contributed by atoms with Crippen LogP contribution in [0.15, 0.2) is 48.5 Å². The van der Waals surface area contributed by atoms with E-state index in [2.05, 4.69) is 9.88 Å². The zero-order chi connectivity index (χ0) is 20.6. The summed E-state index contributed by atoms with van der Waals surface area (Å²) in [5, 5.41) is 2.94. The standard InChI is InChI=1S/C22H27N3O4/c1-16(23-21(26)15-27-2)22-24-19-7-4-5-8-20(19)25(22)13-6-14-29-18-11-9-17(28-3)10-12-18/h4-5,7-12,16H,6,13-15H2,1-3H3,(H,23,26). The fraction of sp³-hybridized carbons (Fsp3) is 0.364. The minimum Gasteiger partial charge on any atom is -0.497 e. The summed E-state index contributed by atoms with van der Waals surface area (Å²) in [7, 11) is 3.14. The second kappa shape index (κ2) is 9.93. The van der Waals surface area contributed by atoms with Gasteiger partial charge in [0.25, 0.3) is 0 Å². The summed E-state index contributed by atoms with van der Waals surface area (Å²) in [4.78, 5) is 16.6. The van der Waals surface area contributed by atoms with E-state index in [0.29, 0.717) is 6.61 Å². The molecule has 0 saturated carbocycles. The number of fused-ring (bicyclic) bond motifs is 1. The largest absolute Gasteiger partial charge is 0.497 e. The first-order valence-electron chi connectivity index (χ1n) is 9.62. The molecule has 1 N–H and O–H groups in total. The van der Waals surface area contributed by atoms with Crippen molar-refractivity contribution in [2.24, 2.45) is 0 Å². The highest BCUT2D eigenvalue weighted by Gasteiger charge is 2.18. The molecule has 0 aliphatic rings. The maximum atomic E-state index is 11.9. The zero-order valence-corrected chi connectivity index (χ0v) is 17.1. The van der Waals surface area contributed by atoms with Crippen LogP contribution in [0.2, 0.25) is 0 Å². The number of hydrogen-bond donors (Lipinski definition) is 1. The van der Waals surface area contributed by atoms with Crippen molar-refractivity contribution in [3.63, 3.8) is 0 Å². The van der Waals surface area contributed by atoms with Gasteiger partial charge in [-0.15, -0.1) is 0 Å². The van der Waals surface area contributed by atoms with Crippen molar-refractivity contribution in [1.29, 1.82) is 0 Å². The van der Waals surface area contributed by atoms with Gasteiger partial charge in [-0.25, -0.2) is 4.98 Å². The number of methoxy groups -OCH3 is 2. The van der Waals surface area contributed by atoms with Gasteiger partial charge in [0.05, 0.1) is 30.8 Å². The number of benzene rings is 2. The fourth-order valence-corrected chi connectivity index (χ4v) is 3.22. The van der Waals surface area contributed by atoms with Gasteiger partial charge in [0.2, 0.25) is 5.91 Å². The van der Waals surface area contributed by atoms with Crippen molar-refractivity contribution in [2.45, 2.75) is 25.9 Å². The van der Waals surface area contributed by atoms with Gasteiger partial charge < -0.3 is 24.1 Å². The average molecular weight is 397 g/mol. The lowest BCUT2D eigenvalue weighted by molar-refractivity contribution is -0.125. The van der Waals surface area contributed by atoms with Crippen LogP contribution in [0.4, 0.5) is 0 Å². The van der Waals surface area contributed by atoms with E-state index >= 15 is 0 Å². The predicted octanol–water partition coefficient (Wildman–Crippen LogP) is 3.34. The molecule has 1 aromatic heterocycles. The van der Waals surface area contributed by atoms with Crippen molar-refractivity contribution < 1.29 is 19.0 Å². The third-order valence-electron chi connectivity index (χ3n) is 4.58. The summed E-state index contributed by atoms with van der Waals surface area (Å²) in [6.45, 7) is 3.26. The Morgan fingerprint density at radius 1 is 1.10 bits per heavy atom. The summed E-state index contributed by atoms with van der Waals surface area (Å²) >= 11 is 0. The van der Waals surface area contributed by atoms with Crippen LogP contribution in [0.25, 0.3) is 11.0 Å². The quantitative estimate of drug-likeness (QED) is 0.531. The second-order valence-electron chi connectivity index (χ2n) is 6.71. The number of rotatable bonds is 10. The van der Waals surface area contributed by atoms with Gasteiger partial charge in [0.1, 0.15) is 23.9 Å². The van der Waals surface area contributed by atoms with E-state index in [9.17, 15) is 4.79 Å². The molecule has 1 atom stereocenters. The van der Waals surface area contributed by atoms with Crippen molar-refractivity contribution >= 4 is 16.9 Å². The van der Waals surface area contributed by atoms with Gasteiger partial charge in [0.15, 0.2) is 0 Å². The molecule has 0 aliphatic carbocycles. The number of carbonyl (C=O) groups is 1. The van der Waals surface area contributed by atoms with Crippen LogP contribution >= 0.6 is 0 Å². The molecule has 7 heteroatoms. The van der Waals surface area contributed by atoms with E-state index in [-0.39, 0.29) is 18.6 Å². The number of amides is 1. The number of aryl methyl sites for hydroxylation is 1. The lowest BCUT2D eigenvalue weighted by atomic mass is 10.3. The third-order valence-corrected chi connectivity index (χ3v) is 4.58. The van der Waals surface area contributed by atoms with Gasteiger partial charge in [-0.05, 0) is 49.7 Å². The van der Waals surface area contributed by atoms with Gasteiger partial charge in [-0.3, -0.25) is 4.79 Å². The van der Waals surface area contributed by atoms with Crippen LogP contribution in [0.3, 0.4) is 0 Å². The molecule has 0 bridgehead atoms. The molecule has 1 unspecified atom stereocenters. The third kappa shape index (κ3) is 5.26. The fourth-order valence-electron chi connectivity index (χ4n) is 3.22. The van der Waals surface area contributed by atoms with Crippen molar-refractivity contribution in [1.82, 2.24) is 14.9 Å². The molecule has 3 aromatic rings. The SMILES string of the molecule is COCC(=O)NC(C)c1nc2ccccc2n1CCCOc1ccc(OC)cc1. The summed E-state index contributed by atoms with van der Waals surface area (Å²) in [6.07, 6.45) is 0.804. The molecule has 0 radical (unpaired) electrons. The van der Waals surface area contributed by atoms with Crippen molar-refractivity contribution in [2.75, 3.05) is 27.4 Å². The molecule has 0 fully saturated rings. The maximum absolute atomic E-state index is 11.9.